The Hall–Kier alpha value is -3.72. The van der Waals surface area contributed by atoms with Crippen LogP contribution in [0.25, 0.3) is 22.0 Å². The molecule has 0 radical (unpaired) electrons. The van der Waals surface area contributed by atoms with Crippen molar-refractivity contribution >= 4 is 22.4 Å². The van der Waals surface area contributed by atoms with E-state index in [-0.39, 0.29) is 11.7 Å². The van der Waals surface area contributed by atoms with Gasteiger partial charge in [-0.15, -0.1) is 0 Å². The van der Waals surface area contributed by atoms with E-state index in [0.717, 1.165) is 51.8 Å². The molecule has 1 aromatic heterocycles. The van der Waals surface area contributed by atoms with Gasteiger partial charge in [-0.2, -0.15) is 0 Å². The molecule has 1 unspecified atom stereocenters. The Kier molecular flexibility index (Phi) is 4.20. The van der Waals surface area contributed by atoms with Gasteiger partial charge in [-0.05, 0) is 53.3 Å². The smallest absolute Gasteiger partial charge is 0.161 e. The van der Waals surface area contributed by atoms with Gasteiger partial charge in [0.2, 0.25) is 0 Å². The van der Waals surface area contributed by atoms with Crippen molar-refractivity contribution in [3.05, 3.63) is 107 Å². The Morgan fingerprint density at radius 1 is 0.806 bits per heavy atom. The number of rotatable bonds is 2. The minimum Gasteiger partial charge on any atom is -0.358 e. The number of Topliss-reactive ketones (excluding diaryl/α,β-unsaturated/α-hetero) is 1. The number of hydrogen-bond acceptors (Lipinski definition) is 3. The Morgan fingerprint density at radius 2 is 1.61 bits per heavy atom. The molecule has 0 bridgehead atoms. The van der Waals surface area contributed by atoms with Gasteiger partial charge in [0.05, 0.1) is 11.2 Å². The lowest BCUT2D eigenvalue weighted by atomic mass is 9.75. The highest BCUT2D eigenvalue weighted by Gasteiger charge is 2.35. The summed E-state index contributed by atoms with van der Waals surface area (Å²) in [4.78, 5) is 17.6. The largest absolute Gasteiger partial charge is 0.358 e. The number of nitrogens with zero attached hydrogens (tertiary/aromatic N) is 1. The molecule has 31 heavy (non-hydrogen) atoms. The number of carbonyl (C=O) groups excluding carboxylic acids is 1. The molecule has 3 nitrogen and oxygen atoms in total. The van der Waals surface area contributed by atoms with E-state index in [1.54, 1.807) is 0 Å². The lowest BCUT2D eigenvalue weighted by molar-refractivity contribution is -0.116. The third-order valence-corrected chi connectivity index (χ3v) is 6.50. The van der Waals surface area contributed by atoms with Crippen molar-refractivity contribution in [3.8, 4) is 11.1 Å². The normalized spacial score (nSPS) is 17.8. The first-order valence-corrected chi connectivity index (χ1v) is 10.9. The monoisotopic (exact) mass is 402 g/mol. The summed E-state index contributed by atoms with van der Waals surface area (Å²) in [5, 5.41) is 4.74. The Morgan fingerprint density at radius 3 is 2.45 bits per heavy atom. The van der Waals surface area contributed by atoms with Crippen LogP contribution < -0.4 is 5.32 Å². The Balaban J connectivity index is 1.53. The molecule has 1 aliphatic carbocycles. The molecule has 0 fully saturated rings. The molecule has 0 saturated carbocycles. The number of hydrogen-bond donors (Lipinski definition) is 1. The summed E-state index contributed by atoms with van der Waals surface area (Å²) >= 11 is 0. The van der Waals surface area contributed by atoms with Crippen molar-refractivity contribution in [3.63, 3.8) is 0 Å². The average Bonchev–Trinajstić information content (AvgIpc) is 2.83. The van der Waals surface area contributed by atoms with Gasteiger partial charge in [-0.3, -0.25) is 9.78 Å². The van der Waals surface area contributed by atoms with Crippen LogP contribution >= 0.6 is 0 Å². The molecule has 1 aliphatic heterocycles. The maximum Gasteiger partial charge on any atom is 0.161 e. The van der Waals surface area contributed by atoms with Crippen molar-refractivity contribution in [1.29, 1.82) is 0 Å². The molecule has 0 spiro atoms. The molecular formula is C28H22N2O. The number of nitrogens with one attached hydrogen (secondary N) is 1. The second kappa shape index (κ2) is 7.21. The zero-order valence-corrected chi connectivity index (χ0v) is 17.1. The van der Waals surface area contributed by atoms with E-state index in [9.17, 15) is 4.79 Å². The Labute approximate surface area is 181 Å². The lowest BCUT2D eigenvalue weighted by Gasteiger charge is -2.34. The highest BCUT2D eigenvalue weighted by atomic mass is 16.1. The number of pyridine rings is 1. The van der Waals surface area contributed by atoms with Crippen molar-refractivity contribution in [2.75, 3.05) is 5.32 Å². The first-order valence-electron chi connectivity index (χ1n) is 10.9. The summed E-state index contributed by atoms with van der Waals surface area (Å²) in [6.07, 6.45) is 4.27. The van der Waals surface area contributed by atoms with Crippen molar-refractivity contribution in [1.82, 2.24) is 4.98 Å². The molecule has 0 saturated heterocycles. The molecule has 150 valence electrons. The molecule has 0 amide bonds. The van der Waals surface area contributed by atoms with E-state index >= 15 is 0 Å². The molecule has 2 heterocycles. The van der Waals surface area contributed by atoms with Gasteiger partial charge in [-0.1, -0.05) is 60.7 Å². The molecule has 1 atom stereocenters. The number of benzene rings is 3. The molecule has 1 N–H and O–H groups in total. The SMILES string of the molecule is O=C1CCCC2=C1C(c1ccc(-c3ccccc3)cc1)c1ccc3ncccc3c1N2. The summed E-state index contributed by atoms with van der Waals surface area (Å²) in [6, 6.07) is 27.4. The summed E-state index contributed by atoms with van der Waals surface area (Å²) in [7, 11) is 0. The minimum atomic E-state index is -0.0477. The van der Waals surface area contributed by atoms with Crippen LogP contribution in [0.2, 0.25) is 0 Å². The summed E-state index contributed by atoms with van der Waals surface area (Å²) < 4.78 is 0. The average molecular weight is 402 g/mol. The van der Waals surface area contributed by atoms with Crippen LogP contribution in [0, 0.1) is 0 Å². The maximum atomic E-state index is 13.1. The third-order valence-electron chi connectivity index (χ3n) is 6.50. The van der Waals surface area contributed by atoms with Gasteiger partial charge in [-0.25, -0.2) is 0 Å². The van der Waals surface area contributed by atoms with Gasteiger partial charge >= 0.3 is 0 Å². The molecule has 6 rings (SSSR count). The van der Waals surface area contributed by atoms with Crippen LogP contribution in [0.3, 0.4) is 0 Å². The number of ketones is 1. The van der Waals surface area contributed by atoms with Gasteiger partial charge in [0.25, 0.3) is 0 Å². The van der Waals surface area contributed by atoms with E-state index in [2.05, 4.69) is 77.0 Å². The molecular weight excluding hydrogens is 380 g/mol. The first-order chi connectivity index (χ1) is 15.3. The molecule has 3 heteroatoms. The van der Waals surface area contributed by atoms with Crippen LogP contribution in [-0.2, 0) is 4.79 Å². The highest BCUT2D eigenvalue weighted by Crippen LogP contribution is 2.47. The van der Waals surface area contributed by atoms with Crippen LogP contribution in [0.15, 0.2) is 96.3 Å². The minimum absolute atomic E-state index is 0.0477. The van der Waals surface area contributed by atoms with E-state index in [4.69, 9.17) is 0 Å². The van der Waals surface area contributed by atoms with Crippen LogP contribution in [-0.4, -0.2) is 10.8 Å². The van der Waals surface area contributed by atoms with Gasteiger partial charge in [0.15, 0.2) is 5.78 Å². The van der Waals surface area contributed by atoms with E-state index in [1.807, 2.05) is 18.3 Å². The quantitative estimate of drug-likeness (QED) is 0.418. The van der Waals surface area contributed by atoms with Gasteiger partial charge < -0.3 is 5.32 Å². The third kappa shape index (κ3) is 2.97. The number of allylic oxidation sites excluding steroid dienone is 2. The predicted octanol–water partition coefficient (Wildman–Crippen LogP) is 6.47. The Bertz CT molecular complexity index is 1340. The molecule has 4 aromatic rings. The lowest BCUT2D eigenvalue weighted by Crippen LogP contribution is -2.27. The summed E-state index contributed by atoms with van der Waals surface area (Å²) in [5.74, 6) is 0.219. The summed E-state index contributed by atoms with van der Waals surface area (Å²) in [6.45, 7) is 0. The fourth-order valence-electron chi connectivity index (χ4n) is 5.03. The number of carbonyl (C=O) groups is 1. The van der Waals surface area contributed by atoms with Gasteiger partial charge in [0, 0.05) is 35.2 Å². The summed E-state index contributed by atoms with van der Waals surface area (Å²) in [5.41, 5.74) is 8.78. The van der Waals surface area contributed by atoms with Crippen LogP contribution in [0.5, 0.6) is 0 Å². The number of anilines is 1. The van der Waals surface area contributed by atoms with Gasteiger partial charge in [0.1, 0.15) is 0 Å². The zero-order chi connectivity index (χ0) is 20.8. The van der Waals surface area contributed by atoms with Crippen molar-refractivity contribution in [2.45, 2.75) is 25.2 Å². The van der Waals surface area contributed by atoms with Crippen molar-refractivity contribution in [2.24, 2.45) is 0 Å². The van der Waals surface area contributed by atoms with Crippen LogP contribution in [0.1, 0.15) is 36.3 Å². The fourth-order valence-corrected chi connectivity index (χ4v) is 5.03. The zero-order valence-electron chi connectivity index (χ0n) is 17.1. The predicted molar refractivity (Wildman–Crippen MR) is 125 cm³/mol. The molecule has 2 aliphatic rings. The van der Waals surface area contributed by atoms with E-state index in [0.29, 0.717) is 6.42 Å². The van der Waals surface area contributed by atoms with Crippen molar-refractivity contribution < 1.29 is 4.79 Å². The van der Waals surface area contributed by atoms with E-state index in [1.165, 1.54) is 11.1 Å². The number of aromatic nitrogens is 1. The number of fused-ring (bicyclic) bond motifs is 3. The standard InChI is InChI=1S/C28H22N2O/c31-25-10-4-9-24-27(25)26(20-13-11-19(12-14-20)18-6-2-1-3-7-18)22-15-16-23-21(28(22)30-24)8-5-17-29-23/h1-3,5-8,11-17,26,30H,4,9-10H2. The highest BCUT2D eigenvalue weighted by molar-refractivity contribution is 6.04. The molecule has 3 aromatic carbocycles. The first kappa shape index (κ1) is 18.1. The van der Waals surface area contributed by atoms with E-state index < -0.39 is 0 Å². The second-order valence-corrected chi connectivity index (χ2v) is 8.31. The second-order valence-electron chi connectivity index (χ2n) is 8.31. The van der Waals surface area contributed by atoms with Crippen LogP contribution in [0.4, 0.5) is 5.69 Å². The fraction of sp³-hybridized carbons (Fsp3) is 0.143. The maximum absolute atomic E-state index is 13.1. The topological polar surface area (TPSA) is 42.0 Å².